The van der Waals surface area contributed by atoms with E-state index >= 15 is 0 Å². The van der Waals surface area contributed by atoms with E-state index in [1.165, 1.54) is 23.5 Å². The van der Waals surface area contributed by atoms with Crippen molar-refractivity contribution in [3.63, 3.8) is 0 Å². The van der Waals surface area contributed by atoms with Crippen molar-refractivity contribution in [1.29, 1.82) is 0 Å². The quantitative estimate of drug-likeness (QED) is 0.894. The summed E-state index contributed by atoms with van der Waals surface area (Å²) < 4.78 is 12.9. The van der Waals surface area contributed by atoms with Gasteiger partial charge in [-0.15, -0.1) is 11.3 Å². The molecular weight excluding hydrogens is 247 g/mol. The molecule has 1 atom stereocenters. The third kappa shape index (κ3) is 2.51. The first-order chi connectivity index (χ1) is 7.66. The van der Waals surface area contributed by atoms with E-state index in [0.717, 1.165) is 10.7 Å². The zero-order chi connectivity index (χ0) is 11.5. The van der Waals surface area contributed by atoms with Crippen molar-refractivity contribution in [2.24, 2.45) is 0 Å². The van der Waals surface area contributed by atoms with Crippen LogP contribution in [0.15, 0.2) is 29.8 Å². The second kappa shape index (κ2) is 4.80. The molecule has 0 bridgehead atoms. The number of halogens is 2. The molecule has 5 heteroatoms. The lowest BCUT2D eigenvalue weighted by atomic mass is 10.1. The summed E-state index contributed by atoms with van der Waals surface area (Å²) in [6.45, 7) is 1.96. The van der Waals surface area contributed by atoms with Crippen molar-refractivity contribution in [2.75, 3.05) is 5.32 Å². The highest BCUT2D eigenvalue weighted by molar-refractivity contribution is 7.13. The van der Waals surface area contributed by atoms with Gasteiger partial charge in [0.1, 0.15) is 5.82 Å². The fourth-order valence-electron chi connectivity index (χ4n) is 1.41. The van der Waals surface area contributed by atoms with Crippen molar-refractivity contribution < 1.29 is 4.39 Å². The highest BCUT2D eigenvalue weighted by Gasteiger charge is 2.11. The molecule has 2 aromatic rings. The summed E-state index contributed by atoms with van der Waals surface area (Å²) in [5.74, 6) is -0.324. The Bertz CT molecular complexity index is 473. The molecule has 84 valence electrons. The average molecular weight is 257 g/mol. The van der Waals surface area contributed by atoms with Crippen LogP contribution in [-0.4, -0.2) is 4.98 Å². The lowest BCUT2D eigenvalue weighted by Crippen LogP contribution is -2.06. The van der Waals surface area contributed by atoms with E-state index in [0.29, 0.717) is 5.02 Å². The molecule has 1 N–H and O–H groups in total. The van der Waals surface area contributed by atoms with Gasteiger partial charge in [0.25, 0.3) is 0 Å². The number of nitrogens with one attached hydrogen (secondary N) is 1. The average Bonchev–Trinajstić information content (AvgIpc) is 2.70. The molecule has 2 rings (SSSR count). The summed E-state index contributed by atoms with van der Waals surface area (Å²) in [6.07, 6.45) is 1.73. The van der Waals surface area contributed by atoms with Crippen molar-refractivity contribution in [1.82, 2.24) is 4.98 Å². The molecule has 1 aromatic heterocycles. The van der Waals surface area contributed by atoms with Crippen molar-refractivity contribution in [2.45, 2.75) is 13.0 Å². The third-order valence-corrected chi connectivity index (χ3v) is 3.23. The summed E-state index contributed by atoms with van der Waals surface area (Å²) in [7, 11) is 0. The van der Waals surface area contributed by atoms with E-state index in [1.54, 1.807) is 12.3 Å². The Balaban J connectivity index is 2.17. The fraction of sp³-hybridized carbons (Fsp3) is 0.182. The third-order valence-electron chi connectivity index (χ3n) is 2.20. The van der Waals surface area contributed by atoms with Gasteiger partial charge in [-0.3, -0.25) is 0 Å². The van der Waals surface area contributed by atoms with E-state index in [2.05, 4.69) is 10.3 Å². The minimum Gasteiger partial charge on any atom is -0.355 e. The lowest BCUT2D eigenvalue weighted by molar-refractivity contribution is 0.626. The van der Waals surface area contributed by atoms with Crippen molar-refractivity contribution in [3.05, 3.63) is 46.2 Å². The highest BCUT2D eigenvalue weighted by Crippen LogP contribution is 2.27. The van der Waals surface area contributed by atoms with E-state index in [1.807, 2.05) is 12.3 Å². The zero-order valence-electron chi connectivity index (χ0n) is 8.58. The molecule has 0 fully saturated rings. The number of thiazole rings is 1. The van der Waals surface area contributed by atoms with E-state index in [4.69, 9.17) is 11.6 Å². The van der Waals surface area contributed by atoms with Crippen LogP contribution in [0.3, 0.4) is 0 Å². The van der Waals surface area contributed by atoms with Gasteiger partial charge in [-0.05, 0) is 24.6 Å². The SMILES string of the molecule is CC(Nc1nccs1)c1ccc(F)cc1Cl. The standard InChI is InChI=1S/C11H10ClFN2S/c1-7(15-11-14-4-5-16-11)9-3-2-8(13)6-10(9)12/h2-7H,1H3,(H,14,15). The topological polar surface area (TPSA) is 24.9 Å². The van der Waals surface area contributed by atoms with E-state index in [-0.39, 0.29) is 11.9 Å². The number of benzene rings is 1. The van der Waals surface area contributed by atoms with Crippen LogP contribution in [0.2, 0.25) is 5.02 Å². The highest BCUT2D eigenvalue weighted by atomic mass is 35.5. The molecule has 2 nitrogen and oxygen atoms in total. The summed E-state index contributed by atoms with van der Waals surface area (Å²) in [5, 5.41) is 6.34. The van der Waals surface area contributed by atoms with Gasteiger partial charge in [0.05, 0.1) is 6.04 Å². The minimum atomic E-state index is -0.324. The first-order valence-corrected chi connectivity index (χ1v) is 6.03. The van der Waals surface area contributed by atoms with Crippen molar-refractivity contribution in [3.8, 4) is 0 Å². The second-order valence-corrected chi connectivity index (χ2v) is 4.67. The first-order valence-electron chi connectivity index (χ1n) is 4.78. The molecule has 1 heterocycles. The number of rotatable bonds is 3. The summed E-state index contributed by atoms with van der Waals surface area (Å²) in [4.78, 5) is 4.12. The summed E-state index contributed by atoms with van der Waals surface area (Å²) in [5.41, 5.74) is 0.860. The van der Waals surface area contributed by atoms with Crippen LogP contribution in [0.4, 0.5) is 9.52 Å². The van der Waals surface area contributed by atoms with Crippen LogP contribution >= 0.6 is 22.9 Å². The molecule has 0 radical (unpaired) electrons. The van der Waals surface area contributed by atoms with Crippen molar-refractivity contribution >= 4 is 28.1 Å². The fourth-order valence-corrected chi connectivity index (χ4v) is 2.36. The Hall–Kier alpha value is -1.13. The first kappa shape index (κ1) is 11.4. The maximum absolute atomic E-state index is 12.9. The molecule has 0 saturated carbocycles. The Morgan fingerprint density at radius 1 is 1.50 bits per heavy atom. The summed E-state index contributed by atoms with van der Waals surface area (Å²) in [6, 6.07) is 4.40. The number of aromatic nitrogens is 1. The Morgan fingerprint density at radius 2 is 2.31 bits per heavy atom. The monoisotopic (exact) mass is 256 g/mol. The Morgan fingerprint density at radius 3 is 2.94 bits per heavy atom. The van der Waals surface area contributed by atoms with Gasteiger partial charge in [-0.1, -0.05) is 17.7 Å². The van der Waals surface area contributed by atoms with Crippen LogP contribution in [0, 0.1) is 5.82 Å². The summed E-state index contributed by atoms with van der Waals surface area (Å²) >= 11 is 7.48. The normalized spacial score (nSPS) is 12.4. The van der Waals surface area contributed by atoms with E-state index < -0.39 is 0 Å². The predicted octanol–water partition coefficient (Wildman–Crippen LogP) is 4.11. The van der Waals surface area contributed by atoms with Crippen LogP contribution in [0.5, 0.6) is 0 Å². The number of hydrogen-bond acceptors (Lipinski definition) is 3. The van der Waals surface area contributed by atoms with Gasteiger partial charge < -0.3 is 5.32 Å². The molecular formula is C11H10ClFN2S. The maximum Gasteiger partial charge on any atom is 0.183 e. The van der Waals surface area contributed by atoms with Crippen LogP contribution < -0.4 is 5.32 Å². The predicted molar refractivity (Wildman–Crippen MR) is 65.6 cm³/mol. The van der Waals surface area contributed by atoms with Crippen LogP contribution in [0.1, 0.15) is 18.5 Å². The van der Waals surface area contributed by atoms with Gasteiger partial charge in [0.15, 0.2) is 5.13 Å². The molecule has 1 unspecified atom stereocenters. The molecule has 0 aliphatic carbocycles. The molecule has 0 spiro atoms. The number of anilines is 1. The molecule has 0 saturated heterocycles. The smallest absolute Gasteiger partial charge is 0.183 e. The van der Waals surface area contributed by atoms with E-state index in [9.17, 15) is 4.39 Å². The largest absolute Gasteiger partial charge is 0.355 e. The van der Waals surface area contributed by atoms with Gasteiger partial charge in [0.2, 0.25) is 0 Å². The maximum atomic E-state index is 12.9. The van der Waals surface area contributed by atoms with Gasteiger partial charge in [0, 0.05) is 16.6 Å². The Labute approximate surface area is 102 Å². The minimum absolute atomic E-state index is 0.000694. The molecule has 16 heavy (non-hydrogen) atoms. The lowest BCUT2D eigenvalue weighted by Gasteiger charge is -2.14. The molecule has 1 aromatic carbocycles. The molecule has 0 amide bonds. The number of hydrogen-bond donors (Lipinski definition) is 1. The van der Waals surface area contributed by atoms with Gasteiger partial charge in [-0.25, -0.2) is 9.37 Å². The van der Waals surface area contributed by atoms with Gasteiger partial charge >= 0.3 is 0 Å². The number of nitrogens with zero attached hydrogens (tertiary/aromatic N) is 1. The molecule has 0 aliphatic heterocycles. The molecule has 0 aliphatic rings. The van der Waals surface area contributed by atoms with Crippen LogP contribution in [-0.2, 0) is 0 Å². The van der Waals surface area contributed by atoms with Gasteiger partial charge in [-0.2, -0.15) is 0 Å². The van der Waals surface area contributed by atoms with Crippen LogP contribution in [0.25, 0.3) is 0 Å². The second-order valence-electron chi connectivity index (χ2n) is 3.37. The zero-order valence-corrected chi connectivity index (χ0v) is 10.1. The Kier molecular flexibility index (Phi) is 3.41.